The van der Waals surface area contributed by atoms with E-state index in [4.69, 9.17) is 11.6 Å². The van der Waals surface area contributed by atoms with Gasteiger partial charge in [0.1, 0.15) is 0 Å². The lowest BCUT2D eigenvalue weighted by atomic mass is 10.1. The quantitative estimate of drug-likeness (QED) is 0.699. The van der Waals surface area contributed by atoms with Gasteiger partial charge in [-0.15, -0.1) is 0 Å². The van der Waals surface area contributed by atoms with Gasteiger partial charge in [0.25, 0.3) is 0 Å². The molecular weight excluding hydrogens is 384 g/mol. The molecule has 1 atom stereocenters. The average molecular weight is 405 g/mol. The number of hydrogen-bond donors (Lipinski definition) is 1. The summed E-state index contributed by atoms with van der Waals surface area (Å²) < 4.78 is 30.2. The minimum Gasteiger partial charge on any atom is -0.237 e. The summed E-state index contributed by atoms with van der Waals surface area (Å²) in [5, 5.41) is 4.90. The molecule has 0 aliphatic heterocycles. The molecule has 0 saturated carbocycles. The molecule has 0 spiro atoms. The van der Waals surface area contributed by atoms with E-state index in [9.17, 15) is 8.42 Å². The Morgan fingerprint density at radius 3 is 2.56 bits per heavy atom. The summed E-state index contributed by atoms with van der Waals surface area (Å²) >= 11 is 6.09. The number of nitrogens with zero attached hydrogens (tertiary/aromatic N) is 3. The maximum atomic E-state index is 12.9. The fraction of sp³-hybridized carbons (Fsp3) is 0.263. The Morgan fingerprint density at radius 2 is 1.89 bits per heavy atom. The van der Waals surface area contributed by atoms with Gasteiger partial charge in [-0.05, 0) is 63.1 Å². The molecule has 6 nitrogen and oxygen atoms in total. The maximum absolute atomic E-state index is 12.9. The van der Waals surface area contributed by atoms with E-state index in [0.29, 0.717) is 16.4 Å². The van der Waals surface area contributed by atoms with Crippen LogP contribution < -0.4 is 4.72 Å². The molecular formula is C19H21ClN4O2S. The summed E-state index contributed by atoms with van der Waals surface area (Å²) in [7, 11) is -3.71. The minimum atomic E-state index is -3.71. The summed E-state index contributed by atoms with van der Waals surface area (Å²) in [5.74, 6) is 0.681. The predicted molar refractivity (Wildman–Crippen MR) is 106 cm³/mol. The highest BCUT2D eigenvalue weighted by atomic mass is 35.5. The molecule has 2 aromatic heterocycles. The summed E-state index contributed by atoms with van der Waals surface area (Å²) in [6, 6.07) is 8.36. The topological polar surface area (TPSA) is 76.9 Å². The molecule has 3 aromatic rings. The highest BCUT2D eigenvalue weighted by Gasteiger charge is 2.23. The fourth-order valence-electron chi connectivity index (χ4n) is 2.96. The molecule has 0 unspecified atom stereocenters. The number of pyridine rings is 1. The smallest absolute Gasteiger partial charge is 0.237 e. The van der Waals surface area contributed by atoms with Gasteiger partial charge in [0.15, 0.2) is 5.82 Å². The van der Waals surface area contributed by atoms with Gasteiger partial charge >= 0.3 is 0 Å². The van der Waals surface area contributed by atoms with Crippen molar-refractivity contribution in [2.75, 3.05) is 0 Å². The van der Waals surface area contributed by atoms with Crippen LogP contribution in [0.3, 0.4) is 0 Å². The lowest BCUT2D eigenvalue weighted by Crippen LogP contribution is -2.28. The Hall–Kier alpha value is -2.22. The third kappa shape index (κ3) is 3.90. The minimum absolute atomic E-state index is 0.228. The summed E-state index contributed by atoms with van der Waals surface area (Å²) in [4.78, 5) is 4.51. The van der Waals surface area contributed by atoms with Crippen LogP contribution in [0.4, 0.5) is 0 Å². The second-order valence-electron chi connectivity index (χ2n) is 6.49. The van der Waals surface area contributed by atoms with Crippen molar-refractivity contribution >= 4 is 21.6 Å². The molecule has 8 heteroatoms. The summed E-state index contributed by atoms with van der Waals surface area (Å²) in [6.45, 7) is 7.20. The van der Waals surface area contributed by atoms with Gasteiger partial charge in [-0.1, -0.05) is 17.7 Å². The van der Waals surface area contributed by atoms with Crippen LogP contribution in [0.25, 0.3) is 5.82 Å². The Kier molecular flexibility index (Phi) is 5.37. The first-order valence-corrected chi connectivity index (χ1v) is 10.3. The van der Waals surface area contributed by atoms with Crippen molar-refractivity contribution < 1.29 is 8.42 Å². The number of sulfonamides is 1. The zero-order chi connectivity index (χ0) is 19.8. The largest absolute Gasteiger partial charge is 0.241 e. The Balaban J connectivity index is 1.91. The molecule has 0 bridgehead atoms. The standard InChI is InChI=1S/C19H21ClN4O2S/c1-12-10-18(13(2)9-17(12)20)27(25,26)23-14(3)16-11-22-24(15(16)4)19-7-5-6-8-21-19/h5-11,14,23H,1-4H3/t14-/m1/s1. The van der Waals surface area contributed by atoms with Crippen LogP contribution in [0.15, 0.2) is 47.6 Å². The van der Waals surface area contributed by atoms with Crippen molar-refractivity contribution in [2.24, 2.45) is 0 Å². The molecule has 27 heavy (non-hydrogen) atoms. The van der Waals surface area contributed by atoms with Gasteiger partial charge in [-0.3, -0.25) is 0 Å². The van der Waals surface area contributed by atoms with Crippen molar-refractivity contribution in [3.05, 3.63) is 70.1 Å². The lowest BCUT2D eigenvalue weighted by molar-refractivity contribution is 0.565. The van der Waals surface area contributed by atoms with Gasteiger partial charge in [-0.25, -0.2) is 22.8 Å². The first-order valence-electron chi connectivity index (χ1n) is 8.45. The van der Waals surface area contributed by atoms with Gasteiger partial charge in [0.05, 0.1) is 11.1 Å². The number of hydrogen-bond acceptors (Lipinski definition) is 4. The third-order valence-electron chi connectivity index (χ3n) is 4.46. The predicted octanol–water partition coefficient (Wildman–Crippen LogP) is 3.89. The molecule has 3 rings (SSSR count). The number of benzene rings is 1. The van der Waals surface area contributed by atoms with E-state index in [2.05, 4.69) is 14.8 Å². The zero-order valence-electron chi connectivity index (χ0n) is 15.6. The van der Waals surface area contributed by atoms with Crippen molar-refractivity contribution in [1.82, 2.24) is 19.5 Å². The molecule has 142 valence electrons. The Labute approximate surface area is 164 Å². The number of rotatable bonds is 5. The molecule has 0 amide bonds. The van der Waals surface area contributed by atoms with Crippen LogP contribution in [-0.4, -0.2) is 23.2 Å². The Morgan fingerprint density at radius 1 is 1.15 bits per heavy atom. The SMILES string of the molecule is Cc1cc(S(=O)(=O)N[C@H](C)c2cnn(-c3ccccn3)c2C)c(C)cc1Cl. The van der Waals surface area contributed by atoms with E-state index in [1.165, 1.54) is 0 Å². The van der Waals surface area contributed by atoms with Crippen LogP contribution in [0.2, 0.25) is 5.02 Å². The van der Waals surface area contributed by atoms with E-state index >= 15 is 0 Å². The molecule has 0 fully saturated rings. The van der Waals surface area contributed by atoms with Crippen molar-refractivity contribution in [3.8, 4) is 5.82 Å². The van der Waals surface area contributed by atoms with E-state index in [1.54, 1.807) is 50.0 Å². The molecule has 2 heterocycles. The van der Waals surface area contributed by atoms with Crippen LogP contribution in [-0.2, 0) is 10.0 Å². The van der Waals surface area contributed by atoms with E-state index in [1.807, 2.05) is 25.1 Å². The molecule has 1 N–H and O–H groups in total. The van der Waals surface area contributed by atoms with Crippen LogP contribution in [0, 0.1) is 20.8 Å². The monoisotopic (exact) mass is 404 g/mol. The normalized spacial score (nSPS) is 12.9. The number of halogens is 1. The van der Waals surface area contributed by atoms with E-state index < -0.39 is 16.1 Å². The average Bonchev–Trinajstić information content (AvgIpc) is 3.00. The summed E-state index contributed by atoms with van der Waals surface area (Å²) in [5.41, 5.74) is 2.93. The molecule has 1 aromatic carbocycles. The molecule has 0 saturated heterocycles. The molecule has 0 aliphatic rings. The number of nitrogens with one attached hydrogen (secondary N) is 1. The summed E-state index contributed by atoms with van der Waals surface area (Å²) in [6.07, 6.45) is 3.35. The van der Waals surface area contributed by atoms with Crippen molar-refractivity contribution in [1.29, 1.82) is 0 Å². The van der Waals surface area contributed by atoms with Crippen LogP contribution >= 0.6 is 11.6 Å². The highest BCUT2D eigenvalue weighted by molar-refractivity contribution is 7.89. The van der Waals surface area contributed by atoms with Crippen LogP contribution in [0.1, 0.15) is 35.3 Å². The van der Waals surface area contributed by atoms with Gasteiger partial charge in [-0.2, -0.15) is 5.10 Å². The van der Waals surface area contributed by atoms with Crippen LogP contribution in [0.5, 0.6) is 0 Å². The van der Waals surface area contributed by atoms with E-state index in [-0.39, 0.29) is 4.90 Å². The third-order valence-corrected chi connectivity index (χ3v) is 6.55. The first-order chi connectivity index (χ1) is 12.7. The lowest BCUT2D eigenvalue weighted by Gasteiger charge is -2.16. The van der Waals surface area contributed by atoms with Crippen molar-refractivity contribution in [3.63, 3.8) is 0 Å². The van der Waals surface area contributed by atoms with Gasteiger partial charge < -0.3 is 0 Å². The maximum Gasteiger partial charge on any atom is 0.241 e. The molecule has 0 radical (unpaired) electrons. The first kappa shape index (κ1) is 19.5. The second-order valence-corrected chi connectivity index (χ2v) is 8.58. The van der Waals surface area contributed by atoms with Gasteiger partial charge in [0.2, 0.25) is 10.0 Å². The van der Waals surface area contributed by atoms with Crippen molar-refractivity contribution in [2.45, 2.75) is 38.6 Å². The highest BCUT2D eigenvalue weighted by Crippen LogP contribution is 2.26. The number of aromatic nitrogens is 3. The fourth-order valence-corrected chi connectivity index (χ4v) is 4.71. The Bertz CT molecular complexity index is 1080. The van der Waals surface area contributed by atoms with E-state index in [0.717, 1.165) is 16.8 Å². The second kappa shape index (κ2) is 7.42. The van der Waals surface area contributed by atoms with Gasteiger partial charge in [0, 0.05) is 28.5 Å². The number of aryl methyl sites for hydroxylation is 2. The zero-order valence-corrected chi connectivity index (χ0v) is 17.1. The molecule has 0 aliphatic carbocycles.